The number of nitrogens with one attached hydrogen (secondary N) is 1. The molecule has 3 rings (SSSR count). The molecule has 2 aromatic rings. The zero-order valence-electron chi connectivity index (χ0n) is 14.4. The van der Waals surface area contributed by atoms with Gasteiger partial charge in [-0.05, 0) is 49.2 Å². The van der Waals surface area contributed by atoms with Gasteiger partial charge in [0.1, 0.15) is 5.82 Å². The highest BCUT2D eigenvalue weighted by Crippen LogP contribution is 2.40. The van der Waals surface area contributed by atoms with Crippen molar-refractivity contribution in [2.75, 3.05) is 25.5 Å². The van der Waals surface area contributed by atoms with Crippen LogP contribution in [0.3, 0.4) is 0 Å². The van der Waals surface area contributed by atoms with Crippen LogP contribution in [0, 0.1) is 5.82 Å². The van der Waals surface area contributed by atoms with E-state index in [1.807, 2.05) is 30.0 Å². The first-order chi connectivity index (χ1) is 12.7. The van der Waals surface area contributed by atoms with Gasteiger partial charge in [0.05, 0.1) is 5.75 Å². The number of hydrogen-bond acceptors (Lipinski definition) is 4. The van der Waals surface area contributed by atoms with Crippen molar-refractivity contribution in [2.24, 2.45) is 0 Å². The summed E-state index contributed by atoms with van der Waals surface area (Å²) in [5.41, 5.74) is 0. The van der Waals surface area contributed by atoms with E-state index in [4.69, 9.17) is 4.74 Å². The molecule has 138 valence electrons. The highest BCUT2D eigenvalue weighted by Gasteiger charge is 2.34. The number of amides is 1. The molecule has 1 saturated heterocycles. The van der Waals surface area contributed by atoms with Gasteiger partial charge in [-0.2, -0.15) is 0 Å². The highest BCUT2D eigenvalue weighted by atomic mass is 32.2. The Balaban J connectivity index is 1.53. The molecule has 26 heavy (non-hydrogen) atoms. The number of benzene rings is 2. The maximum Gasteiger partial charge on any atom is 0.230 e. The van der Waals surface area contributed by atoms with Crippen molar-refractivity contribution in [3.8, 4) is 0 Å². The lowest BCUT2D eigenvalue weighted by Gasteiger charge is -2.36. The standard InChI is InChI=1S/C20H22FNO2S2/c21-16-6-8-17(9-7-16)25-14-19(23)22-15-20(10-12-24-13-11-20)26-18-4-2-1-3-5-18/h1-9H,10-15H2,(H,22,23). The molecule has 6 heteroatoms. The van der Waals surface area contributed by atoms with E-state index in [1.54, 1.807) is 12.1 Å². The molecule has 0 atom stereocenters. The Bertz CT molecular complexity index is 704. The average Bonchev–Trinajstić information content (AvgIpc) is 2.67. The van der Waals surface area contributed by atoms with Crippen LogP contribution < -0.4 is 5.32 Å². The molecule has 0 radical (unpaired) electrons. The van der Waals surface area contributed by atoms with Crippen molar-refractivity contribution in [2.45, 2.75) is 27.4 Å². The third kappa shape index (κ3) is 5.76. The minimum atomic E-state index is -0.266. The largest absolute Gasteiger partial charge is 0.381 e. The van der Waals surface area contributed by atoms with Crippen LogP contribution in [-0.4, -0.2) is 36.2 Å². The Labute approximate surface area is 162 Å². The normalized spacial score (nSPS) is 16.2. The fourth-order valence-corrected chi connectivity index (χ4v) is 4.82. The molecule has 0 saturated carbocycles. The summed E-state index contributed by atoms with van der Waals surface area (Å²) in [4.78, 5) is 14.4. The molecule has 1 fully saturated rings. The third-order valence-electron chi connectivity index (χ3n) is 4.27. The molecular weight excluding hydrogens is 369 g/mol. The topological polar surface area (TPSA) is 38.3 Å². The van der Waals surface area contributed by atoms with Crippen LogP contribution in [0.25, 0.3) is 0 Å². The van der Waals surface area contributed by atoms with Gasteiger partial charge in [0.25, 0.3) is 0 Å². The molecule has 1 heterocycles. The molecule has 1 aliphatic heterocycles. The molecule has 2 aromatic carbocycles. The van der Waals surface area contributed by atoms with E-state index in [9.17, 15) is 9.18 Å². The summed E-state index contributed by atoms with van der Waals surface area (Å²) in [6.07, 6.45) is 1.83. The number of hydrogen-bond donors (Lipinski definition) is 1. The Hall–Kier alpha value is -1.50. The quantitative estimate of drug-likeness (QED) is 0.711. The van der Waals surface area contributed by atoms with Crippen LogP contribution in [-0.2, 0) is 9.53 Å². The Morgan fingerprint density at radius 3 is 2.42 bits per heavy atom. The molecule has 1 amide bonds. The van der Waals surface area contributed by atoms with Crippen LogP contribution in [0.15, 0.2) is 64.4 Å². The van der Waals surface area contributed by atoms with Crippen molar-refractivity contribution in [3.63, 3.8) is 0 Å². The summed E-state index contributed by atoms with van der Waals surface area (Å²) in [6, 6.07) is 16.5. The molecule has 0 unspecified atom stereocenters. The number of rotatable bonds is 7. The molecular formula is C20H22FNO2S2. The van der Waals surface area contributed by atoms with E-state index in [2.05, 4.69) is 17.4 Å². The first-order valence-corrected chi connectivity index (χ1v) is 10.4. The lowest BCUT2D eigenvalue weighted by atomic mass is 9.99. The van der Waals surface area contributed by atoms with Crippen molar-refractivity contribution in [3.05, 3.63) is 60.4 Å². The fraction of sp³-hybridized carbons (Fsp3) is 0.350. The number of halogens is 1. The Kier molecular flexibility index (Phi) is 7.00. The van der Waals surface area contributed by atoms with Gasteiger partial charge in [0.2, 0.25) is 5.91 Å². The predicted molar refractivity (Wildman–Crippen MR) is 105 cm³/mol. The predicted octanol–water partition coefficient (Wildman–Crippen LogP) is 4.38. The number of ether oxygens (including phenoxy) is 1. The van der Waals surface area contributed by atoms with Gasteiger partial charge in [-0.1, -0.05) is 18.2 Å². The lowest BCUT2D eigenvalue weighted by Crippen LogP contribution is -2.44. The van der Waals surface area contributed by atoms with Crippen molar-refractivity contribution < 1.29 is 13.9 Å². The first kappa shape index (κ1) is 19.3. The van der Waals surface area contributed by atoms with Gasteiger partial charge >= 0.3 is 0 Å². The Morgan fingerprint density at radius 2 is 1.73 bits per heavy atom. The second kappa shape index (κ2) is 9.44. The maximum absolute atomic E-state index is 12.9. The molecule has 0 aliphatic carbocycles. The second-order valence-corrected chi connectivity index (χ2v) is 8.82. The molecule has 0 bridgehead atoms. The van der Waals surface area contributed by atoms with E-state index in [0.717, 1.165) is 31.0 Å². The molecule has 0 aromatic heterocycles. The van der Waals surface area contributed by atoms with Gasteiger partial charge in [-0.25, -0.2) is 4.39 Å². The smallest absolute Gasteiger partial charge is 0.230 e. The van der Waals surface area contributed by atoms with Gasteiger partial charge < -0.3 is 10.1 Å². The highest BCUT2D eigenvalue weighted by molar-refractivity contribution is 8.00. The Morgan fingerprint density at radius 1 is 1.04 bits per heavy atom. The van der Waals surface area contributed by atoms with Gasteiger partial charge in [0.15, 0.2) is 0 Å². The minimum Gasteiger partial charge on any atom is -0.381 e. The van der Waals surface area contributed by atoms with E-state index < -0.39 is 0 Å². The zero-order valence-corrected chi connectivity index (χ0v) is 16.1. The van der Waals surface area contributed by atoms with Crippen molar-refractivity contribution in [1.29, 1.82) is 0 Å². The zero-order chi connectivity index (χ0) is 18.2. The summed E-state index contributed by atoms with van der Waals surface area (Å²) in [6.45, 7) is 2.07. The number of thioether (sulfide) groups is 2. The van der Waals surface area contributed by atoms with Crippen LogP contribution in [0.4, 0.5) is 4.39 Å². The molecule has 1 N–H and O–H groups in total. The third-order valence-corrected chi connectivity index (χ3v) is 6.78. The fourth-order valence-electron chi connectivity index (χ4n) is 2.79. The summed E-state index contributed by atoms with van der Waals surface area (Å²) in [7, 11) is 0. The maximum atomic E-state index is 12.9. The number of carbonyl (C=O) groups is 1. The van der Waals surface area contributed by atoms with Crippen LogP contribution in [0.1, 0.15) is 12.8 Å². The van der Waals surface area contributed by atoms with Crippen molar-refractivity contribution in [1.82, 2.24) is 5.32 Å². The van der Waals surface area contributed by atoms with Crippen LogP contribution >= 0.6 is 23.5 Å². The van der Waals surface area contributed by atoms with E-state index >= 15 is 0 Å². The summed E-state index contributed by atoms with van der Waals surface area (Å²) >= 11 is 3.24. The molecule has 1 aliphatic rings. The van der Waals surface area contributed by atoms with Gasteiger partial charge in [-0.3, -0.25) is 4.79 Å². The van der Waals surface area contributed by atoms with Crippen molar-refractivity contribution >= 4 is 29.4 Å². The lowest BCUT2D eigenvalue weighted by molar-refractivity contribution is -0.118. The summed E-state index contributed by atoms with van der Waals surface area (Å²) in [5, 5.41) is 3.08. The number of carbonyl (C=O) groups excluding carboxylic acids is 1. The average molecular weight is 392 g/mol. The minimum absolute atomic E-state index is 0.00106. The van der Waals surface area contributed by atoms with E-state index in [0.29, 0.717) is 12.3 Å². The van der Waals surface area contributed by atoms with Crippen LogP contribution in [0.2, 0.25) is 0 Å². The molecule has 3 nitrogen and oxygen atoms in total. The van der Waals surface area contributed by atoms with Gasteiger partial charge in [-0.15, -0.1) is 23.5 Å². The molecule has 0 spiro atoms. The van der Waals surface area contributed by atoms with Crippen LogP contribution in [0.5, 0.6) is 0 Å². The van der Waals surface area contributed by atoms with Gasteiger partial charge in [0, 0.05) is 34.3 Å². The summed E-state index contributed by atoms with van der Waals surface area (Å²) < 4.78 is 18.4. The summed E-state index contributed by atoms with van der Waals surface area (Å²) in [5.74, 6) is 0.0610. The van der Waals surface area contributed by atoms with E-state index in [1.165, 1.54) is 28.8 Å². The van der Waals surface area contributed by atoms with E-state index in [-0.39, 0.29) is 16.5 Å². The second-order valence-electron chi connectivity index (χ2n) is 6.23. The monoisotopic (exact) mass is 391 g/mol. The first-order valence-electron chi connectivity index (χ1n) is 8.62. The SMILES string of the molecule is O=C(CSc1ccc(F)cc1)NCC1(Sc2ccccc2)CCOCC1.